The Hall–Kier alpha value is 0. The van der Waals surface area contributed by atoms with E-state index in [1.54, 1.807) is 0 Å². The summed E-state index contributed by atoms with van der Waals surface area (Å²) < 4.78 is 0. The highest BCUT2D eigenvalue weighted by molar-refractivity contribution is 4.51. The molecule has 0 heteroatoms. The summed E-state index contributed by atoms with van der Waals surface area (Å²) >= 11 is 0. The van der Waals surface area contributed by atoms with Gasteiger partial charge in [0.05, 0.1) is 0 Å². The zero-order valence-corrected chi connectivity index (χ0v) is 9.11. The molecule has 0 atom stereocenters. The van der Waals surface area contributed by atoms with E-state index in [0.29, 0.717) is 0 Å². The molecule has 1 aliphatic rings. The van der Waals surface area contributed by atoms with Crippen LogP contribution in [0.15, 0.2) is 0 Å². The molecule has 0 unspecified atom stereocenters. The van der Waals surface area contributed by atoms with Gasteiger partial charge in [-0.1, -0.05) is 66.7 Å². The van der Waals surface area contributed by atoms with E-state index < -0.39 is 0 Å². The lowest BCUT2D eigenvalue weighted by Crippen LogP contribution is -1.66. The Morgan fingerprint density at radius 1 is 0.636 bits per heavy atom. The topological polar surface area (TPSA) is 0 Å². The van der Waals surface area contributed by atoms with Gasteiger partial charge in [-0.3, -0.25) is 0 Å². The average Bonchev–Trinajstić information content (AvgIpc) is 2.44. The second-order valence-electron chi connectivity index (χ2n) is 3.50. The van der Waals surface area contributed by atoms with Crippen LogP contribution in [-0.2, 0) is 0 Å². The molecule has 0 heterocycles. The quantitative estimate of drug-likeness (QED) is 0.482. The van der Waals surface area contributed by atoms with Crippen LogP contribution in [0.5, 0.6) is 0 Å². The number of rotatable bonds is 0. The molecule has 0 radical (unpaired) electrons. The van der Waals surface area contributed by atoms with Gasteiger partial charge >= 0.3 is 0 Å². The van der Waals surface area contributed by atoms with Crippen molar-refractivity contribution in [3.05, 3.63) is 0 Å². The predicted molar refractivity (Wildman–Crippen MR) is 54.9 cm³/mol. The van der Waals surface area contributed by atoms with Gasteiger partial charge in [0.1, 0.15) is 0 Å². The molecule has 0 spiro atoms. The summed E-state index contributed by atoms with van der Waals surface area (Å²) in [5, 5.41) is 0. The van der Waals surface area contributed by atoms with Crippen LogP contribution >= 0.6 is 0 Å². The van der Waals surface area contributed by atoms with Crippen molar-refractivity contribution in [1.82, 2.24) is 0 Å². The molecule has 0 nitrogen and oxygen atoms in total. The summed E-state index contributed by atoms with van der Waals surface area (Å²) in [6.45, 7) is 10.5. The maximum absolute atomic E-state index is 2.17. The van der Waals surface area contributed by atoms with Crippen LogP contribution in [0.25, 0.3) is 0 Å². The van der Waals surface area contributed by atoms with E-state index in [1.807, 2.05) is 13.8 Å². The van der Waals surface area contributed by atoms with E-state index in [1.165, 1.54) is 32.1 Å². The minimum atomic E-state index is 0.833. The SMILES string of the molecule is C1CCCC1.CC.CC(C)C. The third kappa shape index (κ3) is 25.6. The fraction of sp³-hybridized carbons (Fsp3) is 1.00. The Kier molecular flexibility index (Phi) is 15.6. The fourth-order valence-electron chi connectivity index (χ4n) is 0.884. The zero-order valence-electron chi connectivity index (χ0n) is 9.11. The zero-order chi connectivity index (χ0) is 9.11. The molecule has 0 aromatic rings. The van der Waals surface area contributed by atoms with Gasteiger partial charge in [0, 0.05) is 0 Å². The first-order valence-electron chi connectivity index (χ1n) is 5.23. The molecular weight excluding hydrogens is 132 g/mol. The van der Waals surface area contributed by atoms with Crippen molar-refractivity contribution in [3.63, 3.8) is 0 Å². The minimum absolute atomic E-state index is 0.833. The second kappa shape index (κ2) is 12.7. The molecule has 0 amide bonds. The van der Waals surface area contributed by atoms with E-state index in [-0.39, 0.29) is 0 Å². The Morgan fingerprint density at radius 3 is 0.818 bits per heavy atom. The molecule has 0 bridgehead atoms. The smallest absolute Gasteiger partial charge is 0.0500 e. The van der Waals surface area contributed by atoms with Crippen molar-refractivity contribution in [2.45, 2.75) is 66.7 Å². The largest absolute Gasteiger partial charge is 0.0683 e. The first kappa shape index (κ1) is 13.6. The molecule has 0 aromatic heterocycles. The summed E-state index contributed by atoms with van der Waals surface area (Å²) in [5.41, 5.74) is 0. The van der Waals surface area contributed by atoms with E-state index in [2.05, 4.69) is 20.8 Å². The van der Waals surface area contributed by atoms with Crippen molar-refractivity contribution in [2.75, 3.05) is 0 Å². The van der Waals surface area contributed by atoms with Gasteiger partial charge in [-0.05, 0) is 5.92 Å². The highest BCUT2D eigenvalue weighted by Gasteiger charge is 1.95. The first-order chi connectivity index (χ1) is 5.23. The van der Waals surface area contributed by atoms with Crippen LogP contribution in [0.1, 0.15) is 66.7 Å². The fourth-order valence-corrected chi connectivity index (χ4v) is 0.884. The van der Waals surface area contributed by atoms with E-state index in [4.69, 9.17) is 0 Å². The minimum Gasteiger partial charge on any atom is -0.0683 e. The van der Waals surface area contributed by atoms with Crippen molar-refractivity contribution >= 4 is 0 Å². The molecule has 70 valence electrons. The van der Waals surface area contributed by atoms with Crippen molar-refractivity contribution in [2.24, 2.45) is 5.92 Å². The molecule has 1 saturated carbocycles. The van der Waals surface area contributed by atoms with Crippen molar-refractivity contribution < 1.29 is 0 Å². The third-order valence-electron chi connectivity index (χ3n) is 1.25. The molecule has 1 fully saturated rings. The van der Waals surface area contributed by atoms with Gasteiger partial charge in [-0.25, -0.2) is 0 Å². The van der Waals surface area contributed by atoms with Crippen molar-refractivity contribution in [1.29, 1.82) is 0 Å². The highest BCUT2D eigenvalue weighted by atomic mass is 14.0. The number of hydrogen-bond acceptors (Lipinski definition) is 0. The molecule has 1 rings (SSSR count). The summed E-state index contributed by atoms with van der Waals surface area (Å²) in [6.07, 6.45) is 7.50. The molecule has 0 aliphatic heterocycles. The molecule has 0 N–H and O–H groups in total. The Morgan fingerprint density at radius 2 is 0.727 bits per heavy atom. The van der Waals surface area contributed by atoms with Gasteiger partial charge in [0.2, 0.25) is 0 Å². The first-order valence-corrected chi connectivity index (χ1v) is 5.23. The Balaban J connectivity index is 0. The van der Waals surface area contributed by atoms with E-state index >= 15 is 0 Å². The van der Waals surface area contributed by atoms with Crippen LogP contribution < -0.4 is 0 Å². The summed E-state index contributed by atoms with van der Waals surface area (Å²) in [6, 6.07) is 0. The van der Waals surface area contributed by atoms with Crippen LogP contribution in [0, 0.1) is 5.92 Å². The molecule has 11 heavy (non-hydrogen) atoms. The second-order valence-corrected chi connectivity index (χ2v) is 3.50. The van der Waals surface area contributed by atoms with E-state index in [9.17, 15) is 0 Å². The Labute approximate surface area is 73.4 Å². The van der Waals surface area contributed by atoms with Crippen LogP contribution in [0.2, 0.25) is 0 Å². The lowest BCUT2D eigenvalue weighted by Gasteiger charge is -1.79. The van der Waals surface area contributed by atoms with Gasteiger partial charge in [-0.2, -0.15) is 0 Å². The summed E-state index contributed by atoms with van der Waals surface area (Å²) in [5.74, 6) is 0.833. The average molecular weight is 158 g/mol. The maximum Gasteiger partial charge on any atom is -0.0500 e. The molecule has 0 saturated heterocycles. The lowest BCUT2D eigenvalue weighted by molar-refractivity contribution is 0.737. The van der Waals surface area contributed by atoms with Gasteiger partial charge in [-0.15, -0.1) is 0 Å². The number of hydrogen-bond donors (Lipinski definition) is 0. The summed E-state index contributed by atoms with van der Waals surface area (Å²) in [4.78, 5) is 0. The van der Waals surface area contributed by atoms with Crippen LogP contribution in [0.4, 0.5) is 0 Å². The Bertz CT molecular complexity index is 31.6. The van der Waals surface area contributed by atoms with Gasteiger partial charge < -0.3 is 0 Å². The normalized spacial score (nSPS) is 14.7. The monoisotopic (exact) mass is 158 g/mol. The lowest BCUT2D eigenvalue weighted by atomic mass is 10.3. The van der Waals surface area contributed by atoms with Gasteiger partial charge in [0.25, 0.3) is 0 Å². The molecular formula is C11H26. The molecule has 0 aromatic carbocycles. The van der Waals surface area contributed by atoms with Crippen LogP contribution in [0.3, 0.4) is 0 Å². The highest BCUT2D eigenvalue weighted by Crippen LogP contribution is 2.15. The third-order valence-corrected chi connectivity index (χ3v) is 1.25. The van der Waals surface area contributed by atoms with Crippen molar-refractivity contribution in [3.8, 4) is 0 Å². The van der Waals surface area contributed by atoms with E-state index in [0.717, 1.165) is 5.92 Å². The maximum atomic E-state index is 2.17. The van der Waals surface area contributed by atoms with Gasteiger partial charge in [0.15, 0.2) is 0 Å². The van der Waals surface area contributed by atoms with Crippen LogP contribution in [-0.4, -0.2) is 0 Å². The molecule has 1 aliphatic carbocycles. The predicted octanol–water partition coefficient (Wildman–Crippen LogP) is 4.64. The summed E-state index contributed by atoms with van der Waals surface area (Å²) in [7, 11) is 0. The standard InChI is InChI=1S/C5H10.C4H10.C2H6/c1-2-4-5-3-1;1-4(2)3;1-2/h1-5H2;4H,1-3H3;1-2H3.